The molecule has 0 aliphatic rings. The molecule has 0 aliphatic carbocycles. The predicted octanol–water partition coefficient (Wildman–Crippen LogP) is 2.36. The first-order chi connectivity index (χ1) is 10.5. The van der Waals surface area contributed by atoms with Crippen molar-refractivity contribution in [2.24, 2.45) is 0 Å². The molecular formula is C17H26N2O3. The van der Waals surface area contributed by atoms with Crippen LogP contribution in [0.25, 0.3) is 0 Å². The van der Waals surface area contributed by atoms with Gasteiger partial charge in [-0.2, -0.15) is 0 Å². The number of benzene rings is 1. The van der Waals surface area contributed by atoms with Crippen LogP contribution in [-0.4, -0.2) is 37.6 Å². The van der Waals surface area contributed by atoms with Crippen LogP contribution in [0.4, 0.5) is 5.69 Å². The molecule has 0 spiro atoms. The summed E-state index contributed by atoms with van der Waals surface area (Å²) in [4.78, 5) is 26.2. The van der Waals surface area contributed by atoms with E-state index in [1.807, 2.05) is 49.1 Å². The first-order valence-corrected chi connectivity index (χ1v) is 7.66. The quantitative estimate of drug-likeness (QED) is 0.749. The van der Waals surface area contributed by atoms with Crippen LogP contribution >= 0.6 is 0 Å². The topological polar surface area (TPSA) is 58.6 Å². The van der Waals surface area contributed by atoms with Gasteiger partial charge in [-0.1, -0.05) is 31.5 Å². The molecule has 0 fully saturated rings. The van der Waals surface area contributed by atoms with E-state index in [-0.39, 0.29) is 12.5 Å². The largest absolute Gasteiger partial charge is 0.467 e. The van der Waals surface area contributed by atoms with E-state index in [0.29, 0.717) is 13.0 Å². The lowest BCUT2D eigenvalue weighted by atomic mass is 9.96. The number of carbonyl (C=O) groups excluding carboxylic acids is 2. The Hall–Kier alpha value is -2.04. The highest BCUT2D eigenvalue weighted by atomic mass is 16.5. The monoisotopic (exact) mass is 306 g/mol. The van der Waals surface area contributed by atoms with Gasteiger partial charge in [0.2, 0.25) is 5.91 Å². The van der Waals surface area contributed by atoms with Crippen molar-refractivity contribution in [3.63, 3.8) is 0 Å². The number of carbonyl (C=O) groups is 2. The highest BCUT2D eigenvalue weighted by molar-refractivity contribution is 5.89. The molecular weight excluding hydrogens is 280 g/mol. The summed E-state index contributed by atoms with van der Waals surface area (Å²) in [6.45, 7) is 6.58. The maximum absolute atomic E-state index is 12.3. The Labute approximate surface area is 132 Å². The maximum atomic E-state index is 12.3. The average Bonchev–Trinajstić information content (AvgIpc) is 2.52. The van der Waals surface area contributed by atoms with Crippen LogP contribution in [0.5, 0.6) is 0 Å². The molecule has 0 saturated heterocycles. The third kappa shape index (κ3) is 4.76. The number of hydrogen-bond donors (Lipinski definition) is 1. The van der Waals surface area contributed by atoms with E-state index in [1.54, 1.807) is 6.92 Å². The summed E-state index contributed by atoms with van der Waals surface area (Å²) in [5.74, 6) is -0.600. The normalized spacial score (nSPS) is 13.1. The van der Waals surface area contributed by atoms with Gasteiger partial charge >= 0.3 is 5.97 Å². The predicted molar refractivity (Wildman–Crippen MR) is 87.8 cm³/mol. The van der Waals surface area contributed by atoms with Crippen molar-refractivity contribution in [2.75, 3.05) is 25.1 Å². The number of amides is 1. The molecule has 22 heavy (non-hydrogen) atoms. The fraction of sp³-hybridized carbons (Fsp3) is 0.529. The maximum Gasteiger partial charge on any atom is 0.331 e. The van der Waals surface area contributed by atoms with Crippen molar-refractivity contribution in [3.05, 3.63) is 30.3 Å². The number of methoxy groups -OCH3 is 1. The van der Waals surface area contributed by atoms with E-state index < -0.39 is 11.5 Å². The smallest absolute Gasteiger partial charge is 0.331 e. The Balaban J connectivity index is 2.76. The third-order valence-corrected chi connectivity index (χ3v) is 3.64. The van der Waals surface area contributed by atoms with E-state index in [2.05, 4.69) is 5.32 Å². The molecule has 0 heterocycles. The van der Waals surface area contributed by atoms with Gasteiger partial charge in [-0.05, 0) is 32.4 Å². The summed E-state index contributed by atoms with van der Waals surface area (Å²) in [5, 5.41) is 2.82. The molecule has 1 rings (SSSR count). The first kappa shape index (κ1) is 18.0. The molecule has 5 nitrogen and oxygen atoms in total. The molecule has 122 valence electrons. The van der Waals surface area contributed by atoms with E-state index in [9.17, 15) is 9.59 Å². The number of rotatable bonds is 8. The molecule has 0 bridgehead atoms. The number of nitrogens with zero attached hydrogens (tertiary/aromatic N) is 1. The lowest BCUT2D eigenvalue weighted by Gasteiger charge is -2.29. The SMILES string of the molecule is CCCC(C)(NC(=O)CN(CC)c1ccccc1)C(=O)OC. The van der Waals surface area contributed by atoms with Crippen molar-refractivity contribution in [3.8, 4) is 0 Å². The molecule has 0 aliphatic heterocycles. The van der Waals surface area contributed by atoms with Gasteiger partial charge in [0.1, 0.15) is 5.54 Å². The Morgan fingerprint density at radius 2 is 1.86 bits per heavy atom. The van der Waals surface area contributed by atoms with Gasteiger partial charge in [0.15, 0.2) is 0 Å². The minimum absolute atomic E-state index is 0.188. The van der Waals surface area contributed by atoms with E-state index in [4.69, 9.17) is 4.74 Å². The highest BCUT2D eigenvalue weighted by Crippen LogP contribution is 2.16. The standard InChI is InChI=1S/C17H26N2O3/c1-5-12-17(3,16(21)22-4)18-15(20)13-19(6-2)14-10-8-7-9-11-14/h7-11H,5-6,12-13H2,1-4H3,(H,18,20). The molecule has 0 aromatic heterocycles. The number of ether oxygens (including phenoxy) is 1. The number of esters is 1. The lowest BCUT2D eigenvalue weighted by molar-refractivity contribution is -0.150. The van der Waals surface area contributed by atoms with Gasteiger partial charge in [0, 0.05) is 12.2 Å². The average molecular weight is 306 g/mol. The minimum atomic E-state index is -0.976. The van der Waals surface area contributed by atoms with Gasteiger partial charge < -0.3 is 15.0 Å². The summed E-state index contributed by atoms with van der Waals surface area (Å²) < 4.78 is 4.82. The second-order valence-corrected chi connectivity index (χ2v) is 5.47. The van der Waals surface area contributed by atoms with Crippen molar-refractivity contribution >= 4 is 17.6 Å². The number of anilines is 1. The number of para-hydroxylation sites is 1. The molecule has 1 aromatic carbocycles. The van der Waals surface area contributed by atoms with Gasteiger partial charge in [0.05, 0.1) is 13.7 Å². The molecule has 1 N–H and O–H groups in total. The van der Waals surface area contributed by atoms with Crippen LogP contribution in [0.15, 0.2) is 30.3 Å². The van der Waals surface area contributed by atoms with E-state index in [0.717, 1.165) is 12.1 Å². The van der Waals surface area contributed by atoms with Crippen LogP contribution in [0.3, 0.4) is 0 Å². The molecule has 0 radical (unpaired) electrons. The van der Waals surface area contributed by atoms with Crippen LogP contribution in [-0.2, 0) is 14.3 Å². The van der Waals surface area contributed by atoms with Crippen molar-refractivity contribution in [1.29, 1.82) is 0 Å². The van der Waals surface area contributed by atoms with E-state index >= 15 is 0 Å². The van der Waals surface area contributed by atoms with Crippen molar-refractivity contribution in [1.82, 2.24) is 5.32 Å². The van der Waals surface area contributed by atoms with Gasteiger partial charge in [0.25, 0.3) is 0 Å². The zero-order valence-corrected chi connectivity index (χ0v) is 13.9. The van der Waals surface area contributed by atoms with Crippen molar-refractivity contribution < 1.29 is 14.3 Å². The fourth-order valence-electron chi connectivity index (χ4n) is 2.49. The minimum Gasteiger partial charge on any atom is -0.467 e. The molecule has 1 amide bonds. The Kier molecular flexibility index (Phi) is 6.89. The molecule has 0 saturated carbocycles. The number of likely N-dealkylation sites (N-methyl/N-ethyl adjacent to an activating group) is 1. The summed E-state index contributed by atoms with van der Waals surface area (Å²) >= 11 is 0. The van der Waals surface area contributed by atoms with Crippen LogP contribution in [0.1, 0.15) is 33.6 Å². The third-order valence-electron chi connectivity index (χ3n) is 3.64. The summed E-state index contributed by atoms with van der Waals surface area (Å²) in [6.07, 6.45) is 1.32. The second-order valence-electron chi connectivity index (χ2n) is 5.47. The Bertz CT molecular complexity index is 490. The number of nitrogens with one attached hydrogen (secondary N) is 1. The second kappa shape index (κ2) is 8.41. The molecule has 1 unspecified atom stereocenters. The zero-order chi connectivity index (χ0) is 16.6. The first-order valence-electron chi connectivity index (χ1n) is 7.66. The fourth-order valence-corrected chi connectivity index (χ4v) is 2.49. The highest BCUT2D eigenvalue weighted by Gasteiger charge is 2.35. The zero-order valence-electron chi connectivity index (χ0n) is 13.9. The Morgan fingerprint density at radius 1 is 1.23 bits per heavy atom. The summed E-state index contributed by atoms with van der Waals surface area (Å²) in [5.41, 5.74) is 0.00635. The van der Waals surface area contributed by atoms with Gasteiger partial charge in [-0.25, -0.2) is 4.79 Å². The summed E-state index contributed by atoms with van der Waals surface area (Å²) in [6, 6.07) is 9.73. The van der Waals surface area contributed by atoms with Crippen LogP contribution in [0.2, 0.25) is 0 Å². The lowest BCUT2D eigenvalue weighted by Crippen LogP contribution is -2.55. The molecule has 5 heteroatoms. The molecule has 1 aromatic rings. The number of hydrogen-bond acceptors (Lipinski definition) is 4. The summed E-state index contributed by atoms with van der Waals surface area (Å²) in [7, 11) is 1.34. The van der Waals surface area contributed by atoms with Gasteiger partial charge in [-0.15, -0.1) is 0 Å². The van der Waals surface area contributed by atoms with Crippen molar-refractivity contribution in [2.45, 2.75) is 39.2 Å². The Morgan fingerprint density at radius 3 is 2.36 bits per heavy atom. The van der Waals surface area contributed by atoms with Crippen LogP contribution in [0, 0.1) is 0 Å². The van der Waals surface area contributed by atoms with Crippen LogP contribution < -0.4 is 10.2 Å². The van der Waals surface area contributed by atoms with E-state index in [1.165, 1.54) is 7.11 Å². The molecule has 1 atom stereocenters. The van der Waals surface area contributed by atoms with Gasteiger partial charge in [-0.3, -0.25) is 4.79 Å².